The SMILES string of the molecule is CN(CCCOCCCc1cccc2c1C(=O)N(C1CCC(=O)NC1=O)C2=O)C[C@H]1CC[C@H](n2cc(NC(=O)c3coc(-c4ccnc(NCC5CC5)c4)n3)c(C(F)F)n2)CC1. The van der Waals surface area contributed by atoms with Gasteiger partial charge >= 0.3 is 0 Å². The maximum Gasteiger partial charge on any atom is 0.284 e. The quantitative estimate of drug-likeness (QED) is 0.0732. The number of ether oxygens (including phenoxy) is 1. The molecular weight excluding hydrogens is 805 g/mol. The van der Waals surface area contributed by atoms with Crippen LogP contribution in [-0.4, -0.2) is 105 Å². The number of fused-ring (bicyclic) bond motifs is 1. The lowest BCUT2D eigenvalue weighted by molar-refractivity contribution is -0.136. The molecule has 0 bridgehead atoms. The number of imide groups is 2. The summed E-state index contributed by atoms with van der Waals surface area (Å²) in [5, 5.41) is 12.3. The third-order valence-corrected chi connectivity index (χ3v) is 12.1. The predicted molar refractivity (Wildman–Crippen MR) is 221 cm³/mol. The highest BCUT2D eigenvalue weighted by atomic mass is 19.3. The molecule has 4 aromatic rings. The molecule has 0 radical (unpaired) electrons. The summed E-state index contributed by atoms with van der Waals surface area (Å²) in [6.07, 6.45) is 9.41. The van der Waals surface area contributed by atoms with Crippen LogP contribution in [0.1, 0.15) is 119 Å². The van der Waals surface area contributed by atoms with Gasteiger partial charge in [0.25, 0.3) is 24.1 Å². The van der Waals surface area contributed by atoms with Gasteiger partial charge in [-0.2, -0.15) is 5.10 Å². The van der Waals surface area contributed by atoms with E-state index in [0.29, 0.717) is 54.8 Å². The van der Waals surface area contributed by atoms with Gasteiger partial charge in [-0.3, -0.25) is 38.9 Å². The van der Waals surface area contributed by atoms with Gasteiger partial charge in [0.2, 0.25) is 17.7 Å². The largest absolute Gasteiger partial charge is 0.444 e. The third kappa shape index (κ3) is 9.91. The molecule has 2 aliphatic heterocycles. The Kier molecular flexibility index (Phi) is 13.1. The molecule has 2 aliphatic carbocycles. The van der Waals surface area contributed by atoms with E-state index in [1.165, 1.54) is 25.3 Å². The van der Waals surface area contributed by atoms with Gasteiger partial charge in [-0.05, 0) is 107 Å². The second kappa shape index (κ2) is 19.0. The van der Waals surface area contributed by atoms with E-state index in [9.17, 15) is 32.8 Å². The minimum atomic E-state index is -2.88. The summed E-state index contributed by atoms with van der Waals surface area (Å²) in [5.74, 6) is -0.724. The van der Waals surface area contributed by atoms with E-state index in [4.69, 9.17) is 9.15 Å². The number of alkyl halides is 2. The Morgan fingerprint density at radius 1 is 1.02 bits per heavy atom. The zero-order valence-corrected chi connectivity index (χ0v) is 34.6. The van der Waals surface area contributed by atoms with Crippen molar-refractivity contribution in [2.24, 2.45) is 11.8 Å². The highest BCUT2D eigenvalue weighted by Crippen LogP contribution is 2.36. The molecule has 1 unspecified atom stereocenters. The number of aryl methyl sites for hydroxylation is 1. The zero-order chi connectivity index (χ0) is 43.3. The number of aromatic nitrogens is 4. The third-order valence-electron chi connectivity index (χ3n) is 12.1. The lowest BCUT2D eigenvalue weighted by Gasteiger charge is -2.31. The first-order valence-electron chi connectivity index (χ1n) is 21.5. The number of pyridine rings is 1. The maximum absolute atomic E-state index is 14.1. The van der Waals surface area contributed by atoms with Gasteiger partial charge in [0.15, 0.2) is 11.4 Å². The van der Waals surface area contributed by atoms with E-state index in [1.807, 2.05) is 6.07 Å². The van der Waals surface area contributed by atoms with Crippen LogP contribution in [0.2, 0.25) is 0 Å². The van der Waals surface area contributed by atoms with Crippen molar-refractivity contribution in [1.82, 2.24) is 34.9 Å². The van der Waals surface area contributed by atoms with Crippen LogP contribution >= 0.6 is 0 Å². The van der Waals surface area contributed by atoms with E-state index in [2.05, 4.69) is 43.0 Å². The smallest absolute Gasteiger partial charge is 0.284 e. The molecule has 1 saturated heterocycles. The highest BCUT2D eigenvalue weighted by Gasteiger charge is 2.45. The van der Waals surface area contributed by atoms with Gasteiger partial charge in [-0.1, -0.05) is 12.1 Å². The van der Waals surface area contributed by atoms with Crippen molar-refractivity contribution in [3.05, 3.63) is 77.1 Å². The number of carbonyl (C=O) groups excluding carboxylic acids is 5. The summed E-state index contributed by atoms with van der Waals surface area (Å²) >= 11 is 0. The first-order chi connectivity index (χ1) is 30.0. The molecule has 5 heterocycles. The van der Waals surface area contributed by atoms with Gasteiger partial charge in [-0.25, -0.2) is 18.7 Å². The summed E-state index contributed by atoms with van der Waals surface area (Å²) in [4.78, 5) is 75.5. The number of hydrogen-bond acceptors (Lipinski definition) is 12. The second-order valence-corrected chi connectivity index (χ2v) is 16.7. The normalized spacial score (nSPS) is 20.3. The Morgan fingerprint density at radius 2 is 1.81 bits per heavy atom. The van der Waals surface area contributed by atoms with Crippen molar-refractivity contribution >= 4 is 41.0 Å². The topological polar surface area (TPSA) is 194 Å². The van der Waals surface area contributed by atoms with Gasteiger partial charge in [0.1, 0.15) is 18.1 Å². The van der Waals surface area contributed by atoms with Crippen LogP contribution in [0, 0.1) is 11.8 Å². The molecule has 5 amide bonds. The molecular formula is C44H51F2N9O7. The molecule has 4 aliphatic rings. The molecule has 1 aromatic carbocycles. The second-order valence-electron chi connectivity index (χ2n) is 16.7. The molecule has 0 spiro atoms. The van der Waals surface area contributed by atoms with Crippen LogP contribution in [0.15, 0.2) is 53.4 Å². The van der Waals surface area contributed by atoms with Crippen molar-refractivity contribution in [1.29, 1.82) is 0 Å². The molecule has 16 nitrogen and oxygen atoms in total. The fourth-order valence-electron chi connectivity index (χ4n) is 8.60. The number of anilines is 2. The van der Waals surface area contributed by atoms with Crippen molar-refractivity contribution in [2.45, 2.75) is 89.1 Å². The number of amides is 5. The number of carbonyl (C=O) groups is 5. The molecule has 3 N–H and O–H groups in total. The van der Waals surface area contributed by atoms with Crippen molar-refractivity contribution in [3.8, 4) is 11.5 Å². The number of nitrogens with zero attached hydrogens (tertiary/aromatic N) is 6. The van der Waals surface area contributed by atoms with E-state index >= 15 is 0 Å². The van der Waals surface area contributed by atoms with Crippen LogP contribution in [0.25, 0.3) is 11.5 Å². The number of oxazole rings is 1. The molecule has 1 atom stereocenters. The van der Waals surface area contributed by atoms with Crippen molar-refractivity contribution in [2.75, 3.05) is 50.5 Å². The fourth-order valence-corrected chi connectivity index (χ4v) is 8.60. The number of rotatable bonds is 19. The zero-order valence-electron chi connectivity index (χ0n) is 34.6. The minimum absolute atomic E-state index is 0.0412. The first-order valence-corrected chi connectivity index (χ1v) is 21.5. The summed E-state index contributed by atoms with van der Waals surface area (Å²) in [5.41, 5.74) is 1.38. The number of nitrogens with one attached hydrogen (secondary N) is 3. The average Bonchev–Trinajstić information content (AvgIpc) is 3.66. The monoisotopic (exact) mass is 855 g/mol. The van der Waals surface area contributed by atoms with Gasteiger partial charge < -0.3 is 24.7 Å². The first kappa shape index (κ1) is 42.8. The molecule has 8 rings (SSSR count). The summed E-state index contributed by atoms with van der Waals surface area (Å²) < 4.78 is 41.3. The lowest BCUT2D eigenvalue weighted by Crippen LogP contribution is -2.54. The molecule has 3 aromatic heterocycles. The predicted octanol–water partition coefficient (Wildman–Crippen LogP) is 6.05. The van der Waals surface area contributed by atoms with E-state index in [0.717, 1.165) is 62.2 Å². The maximum atomic E-state index is 14.1. The molecule has 18 heteroatoms. The van der Waals surface area contributed by atoms with Crippen molar-refractivity contribution in [3.63, 3.8) is 0 Å². The number of halogens is 2. The molecule has 62 heavy (non-hydrogen) atoms. The number of benzene rings is 1. The summed E-state index contributed by atoms with van der Waals surface area (Å²) in [6.45, 7) is 3.63. The Morgan fingerprint density at radius 3 is 2.58 bits per heavy atom. The standard InChI is InChI=1S/C44H51F2N9O7/c1-53(18-4-20-61-19-3-6-28-5-2-7-31-37(28)44(60)55(43(31)59)34-14-15-36(56)51-41(34)58)23-27-10-12-30(13-11-27)54-24-32(38(52-54)39(45)46)49-40(57)33-25-62-42(50-33)29-16-17-47-35(21-29)48-22-26-8-9-26/h2,5,7,16-17,21,24-27,30,34,39H,3-4,6,8-15,18-20,22-23H2,1H3,(H,47,48)(H,49,57)(H,51,56,58)/t27-,30-,34?. The molecule has 3 fully saturated rings. The Hall–Kier alpha value is -5.88. The van der Waals surface area contributed by atoms with Crippen LogP contribution in [0.4, 0.5) is 20.3 Å². The van der Waals surface area contributed by atoms with Gasteiger partial charge in [0.05, 0.1) is 22.9 Å². The van der Waals surface area contributed by atoms with E-state index < -0.39 is 47.7 Å². The van der Waals surface area contributed by atoms with E-state index in [1.54, 1.807) is 35.1 Å². The minimum Gasteiger partial charge on any atom is -0.444 e. The Labute approximate surface area is 357 Å². The highest BCUT2D eigenvalue weighted by molar-refractivity contribution is 6.24. The Bertz CT molecular complexity index is 2300. The number of piperidine rings is 1. The van der Waals surface area contributed by atoms with Crippen LogP contribution < -0.4 is 16.0 Å². The van der Waals surface area contributed by atoms with Gasteiger partial charge in [0, 0.05) is 57.2 Å². The average molecular weight is 856 g/mol. The van der Waals surface area contributed by atoms with Crippen LogP contribution in [-0.2, 0) is 20.7 Å². The summed E-state index contributed by atoms with van der Waals surface area (Å²) in [6, 6.07) is 7.60. The fraction of sp³-hybridized carbons (Fsp3) is 0.500. The Balaban J connectivity index is 0.741. The van der Waals surface area contributed by atoms with Gasteiger partial charge in [-0.15, -0.1) is 0 Å². The van der Waals surface area contributed by atoms with Crippen molar-refractivity contribution < 1.29 is 41.9 Å². The number of hydrogen-bond donors (Lipinski definition) is 3. The molecule has 2 saturated carbocycles. The lowest BCUT2D eigenvalue weighted by atomic mass is 9.86. The summed E-state index contributed by atoms with van der Waals surface area (Å²) in [7, 11) is 2.08. The van der Waals surface area contributed by atoms with Crippen LogP contribution in [0.5, 0.6) is 0 Å². The van der Waals surface area contributed by atoms with E-state index in [-0.39, 0.29) is 41.7 Å². The molecule has 328 valence electrons. The van der Waals surface area contributed by atoms with Crippen LogP contribution in [0.3, 0.4) is 0 Å².